The number of aryl methyl sites for hydroxylation is 2. The highest BCUT2D eigenvalue weighted by Crippen LogP contribution is 2.43. The molecule has 6 nitrogen and oxygen atoms in total. The first-order chi connectivity index (χ1) is 16.0. The Kier molecular flexibility index (Phi) is 5.58. The second kappa shape index (κ2) is 8.70. The molecule has 0 bridgehead atoms. The van der Waals surface area contributed by atoms with Gasteiger partial charge < -0.3 is 9.47 Å². The van der Waals surface area contributed by atoms with Gasteiger partial charge in [-0.05, 0) is 30.4 Å². The van der Waals surface area contributed by atoms with Crippen molar-refractivity contribution in [3.63, 3.8) is 0 Å². The lowest BCUT2D eigenvalue weighted by Crippen LogP contribution is -2.31. The Hall–Kier alpha value is -3.67. The van der Waals surface area contributed by atoms with Crippen molar-refractivity contribution in [2.75, 3.05) is 6.54 Å². The molecule has 1 aliphatic rings. The third-order valence-electron chi connectivity index (χ3n) is 6.48. The van der Waals surface area contributed by atoms with Gasteiger partial charge in [0.2, 0.25) is 0 Å². The third kappa shape index (κ3) is 3.97. The number of hydrogen-bond acceptors (Lipinski definition) is 3. The molecule has 3 heterocycles. The first-order valence-corrected chi connectivity index (χ1v) is 11.5. The Bertz CT molecular complexity index is 1240. The zero-order valence-corrected chi connectivity index (χ0v) is 19.3. The number of benzene rings is 2. The maximum Gasteiger partial charge on any atom is 0.273 e. The Labute approximate surface area is 194 Å². The summed E-state index contributed by atoms with van der Waals surface area (Å²) in [5, 5.41) is 7.64. The summed E-state index contributed by atoms with van der Waals surface area (Å²) in [7, 11) is 0. The van der Waals surface area contributed by atoms with E-state index in [1.54, 1.807) is 6.20 Å². The molecule has 0 saturated carbocycles. The zero-order chi connectivity index (χ0) is 22.9. The average molecular weight is 440 g/mol. The summed E-state index contributed by atoms with van der Waals surface area (Å²) >= 11 is 0. The van der Waals surface area contributed by atoms with Gasteiger partial charge in [-0.3, -0.25) is 9.89 Å². The molecule has 4 aromatic rings. The molecule has 5 rings (SSSR count). The van der Waals surface area contributed by atoms with Crippen LogP contribution in [0.1, 0.15) is 65.0 Å². The van der Waals surface area contributed by atoms with Crippen molar-refractivity contribution in [2.45, 2.75) is 45.7 Å². The Balaban J connectivity index is 1.52. The fourth-order valence-corrected chi connectivity index (χ4v) is 4.61. The smallest absolute Gasteiger partial charge is 0.273 e. The fourth-order valence-electron chi connectivity index (χ4n) is 4.61. The number of amides is 1. The molecule has 2 aromatic carbocycles. The summed E-state index contributed by atoms with van der Waals surface area (Å²) in [6, 6.07) is 16.9. The van der Waals surface area contributed by atoms with E-state index in [1.807, 2.05) is 22.0 Å². The highest BCUT2D eigenvalue weighted by Gasteiger charge is 2.41. The van der Waals surface area contributed by atoms with Crippen LogP contribution >= 0.6 is 0 Å². The van der Waals surface area contributed by atoms with Crippen molar-refractivity contribution in [1.82, 2.24) is 24.6 Å². The van der Waals surface area contributed by atoms with Gasteiger partial charge in [0.25, 0.3) is 5.91 Å². The molecule has 6 heteroatoms. The van der Waals surface area contributed by atoms with Crippen LogP contribution in [0.4, 0.5) is 0 Å². The van der Waals surface area contributed by atoms with Crippen LogP contribution in [0, 0.1) is 6.92 Å². The number of rotatable bonds is 7. The minimum Gasteiger partial charge on any atom is -0.337 e. The minimum absolute atomic E-state index is 0.0134. The van der Waals surface area contributed by atoms with Crippen LogP contribution in [0.5, 0.6) is 0 Å². The third-order valence-corrected chi connectivity index (χ3v) is 6.48. The molecule has 0 fully saturated rings. The number of H-pyrrole nitrogens is 1. The van der Waals surface area contributed by atoms with Gasteiger partial charge in [-0.25, -0.2) is 4.98 Å². The van der Waals surface area contributed by atoms with E-state index in [0.29, 0.717) is 18.2 Å². The lowest BCUT2D eigenvalue weighted by atomic mass is 9.93. The number of nitrogens with zero attached hydrogens (tertiary/aromatic N) is 4. The van der Waals surface area contributed by atoms with E-state index in [0.717, 1.165) is 35.3 Å². The molecule has 0 aliphatic carbocycles. The van der Waals surface area contributed by atoms with Crippen LogP contribution in [-0.2, 0) is 6.54 Å². The highest BCUT2D eigenvalue weighted by molar-refractivity contribution is 6.00. The summed E-state index contributed by atoms with van der Waals surface area (Å²) in [5.74, 6) is 0.475. The number of carbonyl (C=O) groups is 1. The van der Waals surface area contributed by atoms with Crippen LogP contribution in [0.15, 0.2) is 67.3 Å². The van der Waals surface area contributed by atoms with E-state index in [2.05, 4.69) is 84.5 Å². The molecule has 1 unspecified atom stereocenters. The van der Waals surface area contributed by atoms with Crippen molar-refractivity contribution in [3.05, 3.63) is 95.2 Å². The van der Waals surface area contributed by atoms with Crippen LogP contribution in [-0.4, -0.2) is 37.1 Å². The van der Waals surface area contributed by atoms with E-state index in [1.165, 1.54) is 11.1 Å². The molecular formula is C27H29N5O. The molecule has 0 saturated heterocycles. The molecule has 0 spiro atoms. The summed E-state index contributed by atoms with van der Waals surface area (Å²) < 4.78 is 2.05. The van der Waals surface area contributed by atoms with Gasteiger partial charge in [-0.1, -0.05) is 67.9 Å². The van der Waals surface area contributed by atoms with Crippen molar-refractivity contribution >= 4 is 5.91 Å². The Morgan fingerprint density at radius 3 is 2.45 bits per heavy atom. The maximum absolute atomic E-state index is 13.5. The average Bonchev–Trinajstić information content (AvgIpc) is 3.54. The molecule has 33 heavy (non-hydrogen) atoms. The van der Waals surface area contributed by atoms with Crippen molar-refractivity contribution in [3.8, 4) is 11.3 Å². The fraction of sp³-hybridized carbons (Fsp3) is 0.296. The number of carbonyl (C=O) groups excluding carboxylic acids is 1. The molecule has 168 valence electrons. The second-order valence-corrected chi connectivity index (χ2v) is 9.10. The quantitative estimate of drug-likeness (QED) is 0.423. The Morgan fingerprint density at radius 1 is 1.03 bits per heavy atom. The lowest BCUT2D eigenvalue weighted by molar-refractivity contribution is 0.0739. The summed E-state index contributed by atoms with van der Waals surface area (Å²) in [5.41, 5.74) is 7.06. The van der Waals surface area contributed by atoms with Crippen LogP contribution in [0.25, 0.3) is 11.3 Å². The number of aromatic nitrogens is 4. The van der Waals surface area contributed by atoms with E-state index >= 15 is 0 Å². The van der Waals surface area contributed by atoms with Crippen LogP contribution in [0.2, 0.25) is 0 Å². The summed E-state index contributed by atoms with van der Waals surface area (Å²) in [6.45, 7) is 7.94. The number of hydrogen-bond donors (Lipinski definition) is 1. The molecule has 1 aliphatic heterocycles. The molecule has 1 amide bonds. The number of imidazole rings is 1. The standard InChI is InChI=1S/C27H29N5O/c1-18(2)20-9-11-22(12-10-20)26-23-24(21-7-5-19(3)6-8-21)29-30-25(23)27(33)32(26)15-4-14-31-16-13-28-17-31/h5-13,16-18,26H,4,14-15H2,1-3H3,(H,29,30). The predicted octanol–water partition coefficient (Wildman–Crippen LogP) is 5.34. The van der Waals surface area contributed by atoms with Gasteiger partial charge in [-0.2, -0.15) is 5.10 Å². The summed E-state index contributed by atoms with van der Waals surface area (Å²) in [4.78, 5) is 19.6. The van der Waals surface area contributed by atoms with Gasteiger partial charge in [0.15, 0.2) is 0 Å². The van der Waals surface area contributed by atoms with Crippen molar-refractivity contribution in [2.24, 2.45) is 0 Å². The largest absolute Gasteiger partial charge is 0.337 e. The van der Waals surface area contributed by atoms with Gasteiger partial charge in [-0.15, -0.1) is 0 Å². The van der Waals surface area contributed by atoms with Gasteiger partial charge >= 0.3 is 0 Å². The normalized spacial score (nSPS) is 15.5. The highest BCUT2D eigenvalue weighted by atomic mass is 16.2. The second-order valence-electron chi connectivity index (χ2n) is 9.10. The van der Waals surface area contributed by atoms with E-state index < -0.39 is 0 Å². The first-order valence-electron chi connectivity index (χ1n) is 11.5. The van der Waals surface area contributed by atoms with Crippen molar-refractivity contribution < 1.29 is 4.79 Å². The zero-order valence-electron chi connectivity index (χ0n) is 19.3. The van der Waals surface area contributed by atoms with E-state index in [9.17, 15) is 4.79 Å². The molecule has 1 N–H and O–H groups in total. The van der Waals surface area contributed by atoms with Gasteiger partial charge in [0, 0.05) is 36.6 Å². The first kappa shape index (κ1) is 21.2. The molecule has 0 radical (unpaired) electrons. The number of aromatic amines is 1. The molecule has 2 aromatic heterocycles. The topological polar surface area (TPSA) is 66.8 Å². The number of fused-ring (bicyclic) bond motifs is 1. The molecule has 1 atom stereocenters. The molecular weight excluding hydrogens is 410 g/mol. The monoisotopic (exact) mass is 439 g/mol. The van der Waals surface area contributed by atoms with E-state index in [-0.39, 0.29) is 11.9 Å². The predicted molar refractivity (Wildman–Crippen MR) is 129 cm³/mol. The number of nitrogens with one attached hydrogen (secondary N) is 1. The minimum atomic E-state index is -0.161. The van der Waals surface area contributed by atoms with Crippen LogP contribution < -0.4 is 0 Å². The maximum atomic E-state index is 13.5. The van der Waals surface area contributed by atoms with Gasteiger partial charge in [0.1, 0.15) is 5.69 Å². The SMILES string of the molecule is Cc1ccc(-c2n[nH]c3c2C(c2ccc(C(C)C)cc2)N(CCCn2ccnc2)C3=O)cc1. The van der Waals surface area contributed by atoms with Crippen LogP contribution in [0.3, 0.4) is 0 Å². The summed E-state index contributed by atoms with van der Waals surface area (Å²) in [6.07, 6.45) is 6.40. The Morgan fingerprint density at radius 2 is 1.79 bits per heavy atom. The van der Waals surface area contributed by atoms with Gasteiger partial charge in [0.05, 0.1) is 18.1 Å². The lowest BCUT2D eigenvalue weighted by Gasteiger charge is -2.27. The van der Waals surface area contributed by atoms with E-state index in [4.69, 9.17) is 0 Å². The van der Waals surface area contributed by atoms with Crippen molar-refractivity contribution in [1.29, 1.82) is 0 Å².